The van der Waals surface area contributed by atoms with Crippen LogP contribution in [0.15, 0.2) is 48.3 Å². The van der Waals surface area contributed by atoms with Crippen LogP contribution in [0, 0.1) is 0 Å². The predicted octanol–water partition coefficient (Wildman–Crippen LogP) is 2.80. The number of rotatable bonds is 4. The lowest BCUT2D eigenvalue weighted by atomic mass is 10.1. The van der Waals surface area contributed by atoms with Crippen molar-refractivity contribution in [2.45, 2.75) is 6.92 Å². The number of ether oxygens (including phenoxy) is 1. The van der Waals surface area contributed by atoms with Gasteiger partial charge in [-0.1, -0.05) is 12.1 Å². The number of carbonyl (C=O) groups excluding carboxylic acids is 2. The summed E-state index contributed by atoms with van der Waals surface area (Å²) in [6, 6.07) is 10.5. The van der Waals surface area contributed by atoms with Gasteiger partial charge in [0.1, 0.15) is 5.70 Å². The zero-order chi connectivity index (χ0) is 18.0. The van der Waals surface area contributed by atoms with Crippen LogP contribution in [0.25, 0.3) is 6.08 Å². The first-order valence-corrected chi connectivity index (χ1v) is 8.18. The van der Waals surface area contributed by atoms with Gasteiger partial charge in [-0.05, 0) is 49.5 Å². The van der Waals surface area contributed by atoms with Crippen LogP contribution in [0.2, 0.25) is 0 Å². The Morgan fingerprint density at radius 2 is 2.04 bits per heavy atom. The van der Waals surface area contributed by atoms with Gasteiger partial charge in [-0.2, -0.15) is 0 Å². The maximum absolute atomic E-state index is 12.9. The molecule has 0 saturated carbocycles. The zero-order valence-electron chi connectivity index (χ0n) is 13.9. The first-order valence-electron chi connectivity index (χ1n) is 7.78. The first-order chi connectivity index (χ1) is 12.0. The van der Waals surface area contributed by atoms with Gasteiger partial charge in [0.15, 0.2) is 5.11 Å². The van der Waals surface area contributed by atoms with Crippen LogP contribution in [-0.2, 0) is 9.53 Å². The molecule has 0 aliphatic carbocycles. The van der Waals surface area contributed by atoms with Gasteiger partial charge in [0.2, 0.25) is 0 Å². The van der Waals surface area contributed by atoms with E-state index in [0.29, 0.717) is 22.1 Å². The summed E-state index contributed by atoms with van der Waals surface area (Å²) in [6.45, 7) is 1.99. The van der Waals surface area contributed by atoms with E-state index < -0.39 is 5.97 Å². The topological polar surface area (TPSA) is 65.6 Å². The van der Waals surface area contributed by atoms with Crippen LogP contribution in [0.5, 0.6) is 0 Å². The molecule has 7 heteroatoms. The van der Waals surface area contributed by atoms with Crippen LogP contribution >= 0.6 is 12.2 Å². The van der Waals surface area contributed by atoms with Crippen LogP contribution in [-0.4, -0.2) is 40.5 Å². The number of aromatic amines is 1. The summed E-state index contributed by atoms with van der Waals surface area (Å²) < 4.78 is 5.08. The van der Waals surface area contributed by atoms with Gasteiger partial charge in [0.05, 0.1) is 17.9 Å². The molecule has 1 aliphatic rings. The molecule has 3 rings (SSSR count). The van der Waals surface area contributed by atoms with Gasteiger partial charge in [0.25, 0.3) is 5.91 Å². The highest BCUT2D eigenvalue weighted by Crippen LogP contribution is 2.30. The number of likely N-dealkylation sites (N-methyl/N-ethyl adjacent to an activating group) is 1. The molecular weight excluding hydrogens is 338 g/mol. The molecule has 0 unspecified atom stereocenters. The maximum Gasteiger partial charge on any atom is 0.340 e. The van der Waals surface area contributed by atoms with Gasteiger partial charge in [-0.25, -0.2) is 4.79 Å². The zero-order valence-corrected chi connectivity index (χ0v) is 14.7. The number of hydrogen-bond acceptors (Lipinski definition) is 4. The molecule has 25 heavy (non-hydrogen) atoms. The van der Waals surface area contributed by atoms with Gasteiger partial charge < -0.3 is 14.6 Å². The Morgan fingerprint density at radius 3 is 2.72 bits per heavy atom. The quantitative estimate of drug-likeness (QED) is 0.519. The smallest absolute Gasteiger partial charge is 0.340 e. The third kappa shape index (κ3) is 3.06. The van der Waals surface area contributed by atoms with Crippen molar-refractivity contribution in [3.05, 3.63) is 59.5 Å². The Kier molecular flexibility index (Phi) is 4.67. The molecule has 2 heterocycles. The first kappa shape index (κ1) is 16.9. The highest BCUT2D eigenvalue weighted by molar-refractivity contribution is 7.80. The molecule has 1 aliphatic heterocycles. The van der Waals surface area contributed by atoms with Crippen LogP contribution in [0.4, 0.5) is 5.69 Å². The molecule has 0 spiro atoms. The van der Waals surface area contributed by atoms with Crippen molar-refractivity contribution in [2.75, 3.05) is 18.6 Å². The number of para-hydroxylation sites is 1. The minimum Gasteiger partial charge on any atom is -0.462 e. The van der Waals surface area contributed by atoms with Crippen LogP contribution in [0.3, 0.4) is 0 Å². The summed E-state index contributed by atoms with van der Waals surface area (Å²) >= 11 is 5.43. The second-order valence-corrected chi connectivity index (χ2v) is 5.74. The standard InChI is InChI=1S/C18H17N3O3S/c1-3-24-17(23)13-8-4-5-9-14(13)21-16(22)15(20(2)18(21)25)11-12-7-6-10-19-12/h4-11,19H,3H2,1-2H3/b15-11+. The van der Waals surface area contributed by atoms with E-state index in [1.165, 1.54) is 4.90 Å². The van der Waals surface area contributed by atoms with E-state index in [1.54, 1.807) is 55.4 Å². The van der Waals surface area contributed by atoms with Crippen molar-refractivity contribution in [3.8, 4) is 0 Å². The highest BCUT2D eigenvalue weighted by Gasteiger charge is 2.38. The van der Waals surface area contributed by atoms with Crippen molar-refractivity contribution in [1.82, 2.24) is 9.88 Å². The summed E-state index contributed by atoms with van der Waals surface area (Å²) in [6.07, 6.45) is 3.50. The van der Waals surface area contributed by atoms with Gasteiger partial charge in [0, 0.05) is 18.9 Å². The number of esters is 1. The Morgan fingerprint density at radius 1 is 1.28 bits per heavy atom. The van der Waals surface area contributed by atoms with E-state index in [0.717, 1.165) is 5.69 Å². The summed E-state index contributed by atoms with van der Waals surface area (Å²) in [4.78, 5) is 31.2. The molecule has 1 fully saturated rings. The second kappa shape index (κ2) is 6.90. The molecule has 1 N–H and O–H groups in total. The Bertz CT molecular complexity index is 858. The molecule has 1 saturated heterocycles. The molecular formula is C18H17N3O3S. The third-order valence-corrected chi connectivity index (χ3v) is 4.27. The number of anilines is 1. The second-order valence-electron chi connectivity index (χ2n) is 5.37. The number of aromatic nitrogens is 1. The van der Waals surface area contributed by atoms with Crippen molar-refractivity contribution in [1.29, 1.82) is 0 Å². The molecule has 1 aromatic heterocycles. The van der Waals surface area contributed by atoms with E-state index in [2.05, 4.69) is 4.98 Å². The Labute approximate surface area is 150 Å². The largest absolute Gasteiger partial charge is 0.462 e. The third-order valence-electron chi connectivity index (χ3n) is 3.82. The Balaban J connectivity index is 2.03. The number of nitrogens with one attached hydrogen (secondary N) is 1. The fourth-order valence-corrected chi connectivity index (χ4v) is 2.88. The number of H-pyrrole nitrogens is 1. The average Bonchev–Trinajstić information content (AvgIpc) is 3.19. The lowest BCUT2D eigenvalue weighted by Gasteiger charge is -2.19. The summed E-state index contributed by atoms with van der Waals surface area (Å²) in [5, 5.41) is 0.305. The lowest BCUT2D eigenvalue weighted by Crippen LogP contribution is -2.32. The number of nitrogens with zero attached hydrogens (tertiary/aromatic N) is 2. The van der Waals surface area contributed by atoms with Crippen molar-refractivity contribution >= 4 is 41.0 Å². The molecule has 1 aromatic carbocycles. The minimum atomic E-state index is -0.488. The number of thiocarbonyl (C=S) groups is 1. The van der Waals surface area contributed by atoms with Crippen molar-refractivity contribution in [3.63, 3.8) is 0 Å². The molecule has 0 bridgehead atoms. The average molecular weight is 355 g/mol. The Hall–Kier alpha value is -2.93. The normalized spacial score (nSPS) is 16.0. The number of carbonyl (C=O) groups is 2. The fourth-order valence-electron chi connectivity index (χ4n) is 2.60. The molecule has 0 radical (unpaired) electrons. The van der Waals surface area contributed by atoms with E-state index in [1.807, 2.05) is 12.1 Å². The maximum atomic E-state index is 12.9. The van der Waals surface area contributed by atoms with Crippen molar-refractivity contribution in [2.24, 2.45) is 0 Å². The van der Waals surface area contributed by atoms with Gasteiger partial charge >= 0.3 is 5.97 Å². The SMILES string of the molecule is CCOC(=O)c1ccccc1N1C(=O)/C(=C\c2ccc[nH]2)N(C)C1=S. The molecule has 0 atom stereocenters. The fraction of sp³-hybridized carbons (Fsp3) is 0.167. The number of amides is 1. The van der Waals surface area contributed by atoms with Gasteiger partial charge in [-0.15, -0.1) is 0 Å². The molecule has 6 nitrogen and oxygen atoms in total. The number of hydrogen-bond donors (Lipinski definition) is 1. The summed E-state index contributed by atoms with van der Waals surface area (Å²) in [5.74, 6) is -0.781. The van der Waals surface area contributed by atoms with Gasteiger partial charge in [-0.3, -0.25) is 9.69 Å². The number of benzene rings is 1. The van der Waals surface area contributed by atoms with E-state index in [4.69, 9.17) is 17.0 Å². The molecule has 1 amide bonds. The lowest BCUT2D eigenvalue weighted by molar-refractivity contribution is -0.114. The van der Waals surface area contributed by atoms with E-state index in [-0.39, 0.29) is 12.5 Å². The summed E-state index contributed by atoms with van der Waals surface area (Å²) in [5.41, 5.74) is 1.93. The van der Waals surface area contributed by atoms with Crippen LogP contribution < -0.4 is 4.90 Å². The van der Waals surface area contributed by atoms with Crippen molar-refractivity contribution < 1.29 is 14.3 Å². The van der Waals surface area contributed by atoms with E-state index >= 15 is 0 Å². The predicted molar refractivity (Wildman–Crippen MR) is 99.0 cm³/mol. The summed E-state index contributed by atoms with van der Waals surface area (Å²) in [7, 11) is 1.72. The van der Waals surface area contributed by atoms with E-state index in [9.17, 15) is 9.59 Å². The monoisotopic (exact) mass is 355 g/mol. The highest BCUT2D eigenvalue weighted by atomic mass is 32.1. The van der Waals surface area contributed by atoms with Crippen LogP contribution in [0.1, 0.15) is 23.0 Å². The molecule has 128 valence electrons. The molecule has 2 aromatic rings. The minimum absolute atomic E-state index is 0.253.